The highest BCUT2D eigenvalue weighted by atomic mass is 19.4. The zero-order chi connectivity index (χ0) is 19.8. The van der Waals surface area contributed by atoms with Gasteiger partial charge in [0.15, 0.2) is 0 Å². The quantitative estimate of drug-likeness (QED) is 0.829. The topological polar surface area (TPSA) is 45.5 Å². The molecular weight excluding hydrogens is 369 g/mol. The number of amides is 1. The van der Waals surface area contributed by atoms with Gasteiger partial charge in [0, 0.05) is 12.5 Å². The molecule has 1 atom stereocenters. The summed E-state index contributed by atoms with van der Waals surface area (Å²) in [5.41, 5.74) is -0.158. The van der Waals surface area contributed by atoms with E-state index in [0.29, 0.717) is 5.56 Å². The average molecular weight is 392 g/mol. The molecule has 7 heteroatoms. The Balaban J connectivity index is 1.26. The minimum Gasteiger partial charge on any atom is -0.468 e. The van der Waals surface area contributed by atoms with Crippen molar-refractivity contribution in [3.05, 3.63) is 59.5 Å². The van der Waals surface area contributed by atoms with Crippen molar-refractivity contribution in [2.75, 3.05) is 13.1 Å². The highest BCUT2D eigenvalue weighted by molar-refractivity contribution is 5.82. The molecule has 2 heterocycles. The Morgan fingerprint density at radius 1 is 1.21 bits per heavy atom. The predicted octanol–water partition coefficient (Wildman–Crippen LogP) is 4.22. The molecule has 4 rings (SSSR count). The van der Waals surface area contributed by atoms with E-state index in [0.717, 1.165) is 56.8 Å². The molecular formula is C21H23F3N2O2. The summed E-state index contributed by atoms with van der Waals surface area (Å²) >= 11 is 0. The smallest absolute Gasteiger partial charge is 0.416 e. The van der Waals surface area contributed by atoms with Gasteiger partial charge in [-0.25, -0.2) is 0 Å². The van der Waals surface area contributed by atoms with E-state index in [1.807, 2.05) is 12.1 Å². The standard InChI is InChI=1S/C21H23F3N2O2/c22-21(23,24)16-4-1-3-15(11-16)13-25-19(27)18-12-20(18)6-8-26(9-7-20)14-17-5-2-10-28-17/h1-5,10-11,18H,6-9,12-14H2,(H,25,27). The van der Waals surface area contributed by atoms with Gasteiger partial charge in [0.25, 0.3) is 0 Å². The lowest BCUT2D eigenvalue weighted by molar-refractivity contribution is -0.137. The average Bonchev–Trinajstić information content (AvgIpc) is 3.12. The first-order valence-electron chi connectivity index (χ1n) is 9.54. The van der Waals surface area contributed by atoms with Gasteiger partial charge in [-0.2, -0.15) is 13.2 Å². The molecule has 2 fully saturated rings. The molecule has 1 aliphatic heterocycles. The van der Waals surface area contributed by atoms with Crippen LogP contribution in [0.25, 0.3) is 0 Å². The maximum absolute atomic E-state index is 12.8. The van der Waals surface area contributed by atoms with Crippen LogP contribution < -0.4 is 5.32 Å². The number of nitrogens with one attached hydrogen (secondary N) is 1. The van der Waals surface area contributed by atoms with Gasteiger partial charge in [0.05, 0.1) is 18.4 Å². The van der Waals surface area contributed by atoms with Crippen LogP contribution in [0.1, 0.15) is 36.1 Å². The Labute approximate surface area is 161 Å². The van der Waals surface area contributed by atoms with Gasteiger partial charge in [-0.1, -0.05) is 12.1 Å². The van der Waals surface area contributed by atoms with Crippen molar-refractivity contribution in [1.29, 1.82) is 0 Å². The normalized spacial score (nSPS) is 21.6. The molecule has 1 saturated heterocycles. The molecule has 1 spiro atoms. The van der Waals surface area contributed by atoms with E-state index in [1.54, 1.807) is 12.3 Å². The minimum absolute atomic E-state index is 0.0240. The SMILES string of the molecule is O=C(NCc1cccc(C(F)(F)F)c1)C1CC12CCN(Cc1ccco1)CC2. The summed E-state index contributed by atoms with van der Waals surface area (Å²) < 4.78 is 43.8. The van der Waals surface area contributed by atoms with Gasteiger partial charge in [0.1, 0.15) is 5.76 Å². The fraction of sp³-hybridized carbons (Fsp3) is 0.476. The third-order valence-electron chi connectivity index (χ3n) is 6.04. The molecule has 1 aliphatic carbocycles. The number of piperidine rings is 1. The van der Waals surface area contributed by atoms with Crippen LogP contribution in [0.2, 0.25) is 0 Å². The van der Waals surface area contributed by atoms with Gasteiger partial charge >= 0.3 is 6.18 Å². The number of furan rings is 1. The number of hydrogen-bond acceptors (Lipinski definition) is 3. The van der Waals surface area contributed by atoms with E-state index in [9.17, 15) is 18.0 Å². The summed E-state index contributed by atoms with van der Waals surface area (Å²) in [5.74, 6) is 0.878. The Morgan fingerprint density at radius 2 is 2.00 bits per heavy atom. The first-order valence-corrected chi connectivity index (χ1v) is 9.54. The summed E-state index contributed by atoms with van der Waals surface area (Å²) in [5, 5.41) is 2.82. The highest BCUT2D eigenvalue weighted by Gasteiger charge is 2.58. The summed E-state index contributed by atoms with van der Waals surface area (Å²) in [6.07, 6.45) is 0.108. The van der Waals surface area contributed by atoms with Crippen LogP contribution in [0, 0.1) is 11.3 Å². The highest BCUT2D eigenvalue weighted by Crippen LogP contribution is 2.59. The van der Waals surface area contributed by atoms with Crippen LogP contribution in [0.3, 0.4) is 0 Å². The van der Waals surface area contributed by atoms with Gasteiger partial charge in [-0.3, -0.25) is 9.69 Å². The van der Waals surface area contributed by atoms with E-state index < -0.39 is 11.7 Å². The van der Waals surface area contributed by atoms with E-state index in [-0.39, 0.29) is 23.8 Å². The second kappa shape index (κ2) is 7.28. The summed E-state index contributed by atoms with van der Waals surface area (Å²) in [7, 11) is 0. The zero-order valence-electron chi connectivity index (χ0n) is 15.5. The van der Waals surface area contributed by atoms with Crippen LogP contribution >= 0.6 is 0 Å². The molecule has 1 aromatic heterocycles. The van der Waals surface area contributed by atoms with Crippen LogP contribution in [-0.4, -0.2) is 23.9 Å². The number of hydrogen-bond donors (Lipinski definition) is 1. The molecule has 1 amide bonds. The van der Waals surface area contributed by atoms with Crippen LogP contribution in [0.15, 0.2) is 47.1 Å². The molecule has 1 saturated carbocycles. The van der Waals surface area contributed by atoms with Crippen molar-refractivity contribution in [2.24, 2.45) is 11.3 Å². The second-order valence-electron chi connectivity index (χ2n) is 7.89. The van der Waals surface area contributed by atoms with Crippen LogP contribution in [-0.2, 0) is 24.1 Å². The van der Waals surface area contributed by atoms with Crippen molar-refractivity contribution < 1.29 is 22.4 Å². The fourth-order valence-electron chi connectivity index (χ4n) is 4.22. The number of carbonyl (C=O) groups is 1. The van der Waals surface area contributed by atoms with Crippen molar-refractivity contribution in [3.63, 3.8) is 0 Å². The molecule has 150 valence electrons. The van der Waals surface area contributed by atoms with E-state index in [4.69, 9.17) is 4.42 Å². The lowest BCUT2D eigenvalue weighted by Crippen LogP contribution is -2.36. The molecule has 28 heavy (non-hydrogen) atoms. The van der Waals surface area contributed by atoms with Crippen LogP contribution in [0.5, 0.6) is 0 Å². The minimum atomic E-state index is -4.37. The van der Waals surface area contributed by atoms with Gasteiger partial charge in [-0.05, 0) is 67.6 Å². The van der Waals surface area contributed by atoms with Gasteiger partial charge in [0.2, 0.25) is 5.91 Å². The maximum Gasteiger partial charge on any atom is 0.416 e. The zero-order valence-corrected chi connectivity index (χ0v) is 15.5. The second-order valence-corrected chi connectivity index (χ2v) is 7.89. The number of nitrogens with zero attached hydrogens (tertiary/aromatic N) is 1. The maximum atomic E-state index is 12.8. The third kappa shape index (κ3) is 4.09. The molecule has 2 aliphatic rings. The van der Waals surface area contributed by atoms with Gasteiger partial charge < -0.3 is 9.73 Å². The van der Waals surface area contributed by atoms with Crippen LogP contribution in [0.4, 0.5) is 13.2 Å². The molecule has 1 unspecified atom stereocenters. The summed E-state index contributed by atoms with van der Waals surface area (Å²) in [6, 6.07) is 8.95. The van der Waals surface area contributed by atoms with E-state index in [2.05, 4.69) is 10.2 Å². The molecule has 4 nitrogen and oxygen atoms in total. The van der Waals surface area contributed by atoms with Crippen molar-refractivity contribution in [2.45, 2.75) is 38.5 Å². The molecule has 0 bridgehead atoms. The first kappa shape index (κ1) is 19.1. The number of likely N-dealkylation sites (tertiary alicyclic amines) is 1. The number of rotatable bonds is 5. The van der Waals surface area contributed by atoms with Crippen molar-refractivity contribution in [1.82, 2.24) is 10.2 Å². The van der Waals surface area contributed by atoms with Crippen molar-refractivity contribution in [3.8, 4) is 0 Å². The Hall–Kier alpha value is -2.28. The monoisotopic (exact) mass is 392 g/mol. The van der Waals surface area contributed by atoms with Crippen molar-refractivity contribution >= 4 is 5.91 Å². The lowest BCUT2D eigenvalue weighted by Gasteiger charge is -2.32. The Morgan fingerprint density at radius 3 is 2.68 bits per heavy atom. The Bertz CT molecular complexity index is 824. The first-order chi connectivity index (χ1) is 13.4. The summed E-state index contributed by atoms with van der Waals surface area (Å²) in [4.78, 5) is 14.8. The summed E-state index contributed by atoms with van der Waals surface area (Å²) in [6.45, 7) is 2.77. The number of carbonyl (C=O) groups excluding carboxylic acids is 1. The molecule has 1 N–H and O–H groups in total. The molecule has 1 aromatic carbocycles. The molecule has 2 aromatic rings. The Kier molecular flexibility index (Phi) is 4.95. The largest absolute Gasteiger partial charge is 0.468 e. The lowest BCUT2D eigenvalue weighted by atomic mass is 9.90. The van der Waals surface area contributed by atoms with E-state index >= 15 is 0 Å². The molecule has 0 radical (unpaired) electrons. The number of halogens is 3. The van der Waals surface area contributed by atoms with Gasteiger partial charge in [-0.15, -0.1) is 0 Å². The predicted molar refractivity (Wildman–Crippen MR) is 97.0 cm³/mol. The third-order valence-corrected chi connectivity index (χ3v) is 6.04. The fourth-order valence-corrected chi connectivity index (χ4v) is 4.22. The number of benzene rings is 1. The van der Waals surface area contributed by atoms with E-state index in [1.165, 1.54) is 6.07 Å². The number of alkyl halides is 3.